The van der Waals surface area contributed by atoms with Crippen molar-refractivity contribution in [2.24, 2.45) is 5.92 Å². The van der Waals surface area contributed by atoms with Crippen LogP contribution < -0.4 is 5.73 Å². The van der Waals surface area contributed by atoms with Crippen LogP contribution in [-0.2, 0) is 6.42 Å². The fraction of sp³-hybridized carbons (Fsp3) is 0.444. The minimum Gasteiger partial charge on any atom is -0.384 e. The zero-order valence-corrected chi connectivity index (χ0v) is 8.23. The highest BCUT2D eigenvalue weighted by Gasteiger charge is 2.15. The fourth-order valence-electron chi connectivity index (χ4n) is 1.21. The van der Waals surface area contributed by atoms with E-state index in [1.165, 1.54) is 12.1 Å². The first-order valence-electron chi connectivity index (χ1n) is 4.40. The number of pyridine rings is 1. The van der Waals surface area contributed by atoms with Crippen LogP contribution in [0.25, 0.3) is 0 Å². The van der Waals surface area contributed by atoms with Gasteiger partial charge in [-0.25, -0.2) is 4.98 Å². The average molecular weight is 195 g/mol. The number of nitrogen functional groups attached to an aromatic ring is 1. The number of anilines is 1. The summed E-state index contributed by atoms with van der Waals surface area (Å²) in [6, 6.07) is 2.85. The van der Waals surface area contributed by atoms with Crippen molar-refractivity contribution in [3.05, 3.63) is 27.9 Å². The van der Waals surface area contributed by atoms with Gasteiger partial charge in [0.1, 0.15) is 11.5 Å². The Bertz CT molecular complexity index is 350. The second kappa shape index (κ2) is 4.04. The Kier molecular flexibility index (Phi) is 3.01. The van der Waals surface area contributed by atoms with Crippen molar-refractivity contribution < 1.29 is 4.92 Å². The molecule has 0 atom stereocenters. The molecule has 0 aliphatic carbocycles. The summed E-state index contributed by atoms with van der Waals surface area (Å²) in [7, 11) is 0. The first-order chi connectivity index (χ1) is 6.50. The van der Waals surface area contributed by atoms with Gasteiger partial charge >= 0.3 is 0 Å². The van der Waals surface area contributed by atoms with Crippen molar-refractivity contribution in [1.82, 2.24) is 4.98 Å². The fourth-order valence-corrected chi connectivity index (χ4v) is 1.21. The van der Waals surface area contributed by atoms with E-state index < -0.39 is 4.92 Å². The van der Waals surface area contributed by atoms with Gasteiger partial charge in [0.05, 0.1) is 4.92 Å². The predicted octanol–water partition coefficient (Wildman–Crippen LogP) is 1.77. The van der Waals surface area contributed by atoms with Gasteiger partial charge in [0.15, 0.2) is 0 Å². The van der Waals surface area contributed by atoms with E-state index >= 15 is 0 Å². The number of nitro groups is 1. The average Bonchev–Trinajstić information content (AvgIpc) is 2.01. The molecule has 0 spiro atoms. The second-order valence-corrected chi connectivity index (χ2v) is 3.56. The van der Waals surface area contributed by atoms with Gasteiger partial charge in [-0.15, -0.1) is 0 Å². The van der Waals surface area contributed by atoms with Gasteiger partial charge in [0, 0.05) is 6.07 Å². The standard InChI is InChI=1S/C9H13N3O2/c1-6(2)5-7-8(12(13)14)3-4-9(10)11-7/h3-4,6H,5H2,1-2H3,(H2,10,11). The molecular formula is C9H13N3O2. The van der Waals surface area contributed by atoms with Crippen molar-refractivity contribution in [2.45, 2.75) is 20.3 Å². The molecule has 1 aromatic heterocycles. The summed E-state index contributed by atoms with van der Waals surface area (Å²) in [6.07, 6.45) is 0.571. The second-order valence-electron chi connectivity index (χ2n) is 3.56. The van der Waals surface area contributed by atoms with E-state index in [0.29, 0.717) is 23.9 Å². The zero-order valence-electron chi connectivity index (χ0n) is 8.23. The normalized spacial score (nSPS) is 10.5. The van der Waals surface area contributed by atoms with Gasteiger partial charge in [-0.05, 0) is 18.4 Å². The highest BCUT2D eigenvalue weighted by molar-refractivity contribution is 5.42. The lowest BCUT2D eigenvalue weighted by atomic mass is 10.1. The lowest BCUT2D eigenvalue weighted by Gasteiger charge is -2.05. The van der Waals surface area contributed by atoms with Crippen LogP contribution in [0.5, 0.6) is 0 Å². The lowest BCUT2D eigenvalue weighted by Crippen LogP contribution is -2.04. The van der Waals surface area contributed by atoms with Gasteiger partial charge in [-0.1, -0.05) is 13.8 Å². The van der Waals surface area contributed by atoms with E-state index in [2.05, 4.69) is 4.98 Å². The van der Waals surface area contributed by atoms with Crippen LogP contribution in [0.2, 0.25) is 0 Å². The van der Waals surface area contributed by atoms with Gasteiger partial charge in [-0.3, -0.25) is 10.1 Å². The Morgan fingerprint density at radius 2 is 2.21 bits per heavy atom. The summed E-state index contributed by atoms with van der Waals surface area (Å²) in [6.45, 7) is 3.96. The molecule has 0 unspecified atom stereocenters. The largest absolute Gasteiger partial charge is 0.384 e. The Morgan fingerprint density at radius 1 is 1.57 bits per heavy atom. The molecule has 76 valence electrons. The summed E-state index contributed by atoms with van der Waals surface area (Å²) in [4.78, 5) is 14.2. The topological polar surface area (TPSA) is 82.0 Å². The number of hydrogen-bond acceptors (Lipinski definition) is 4. The van der Waals surface area contributed by atoms with E-state index in [0.717, 1.165) is 0 Å². The summed E-state index contributed by atoms with van der Waals surface area (Å²) in [5.74, 6) is 0.647. The van der Waals surface area contributed by atoms with Crippen molar-refractivity contribution in [3.63, 3.8) is 0 Å². The number of rotatable bonds is 3. The van der Waals surface area contributed by atoms with E-state index in [9.17, 15) is 10.1 Å². The molecule has 0 fully saturated rings. The smallest absolute Gasteiger partial charge is 0.290 e. The first kappa shape index (κ1) is 10.4. The maximum absolute atomic E-state index is 10.6. The van der Waals surface area contributed by atoms with Crippen LogP contribution in [0, 0.1) is 16.0 Å². The van der Waals surface area contributed by atoms with Crippen molar-refractivity contribution in [1.29, 1.82) is 0 Å². The van der Waals surface area contributed by atoms with Crippen LogP contribution >= 0.6 is 0 Å². The molecule has 2 N–H and O–H groups in total. The Balaban J connectivity index is 3.09. The van der Waals surface area contributed by atoms with Crippen LogP contribution in [0.4, 0.5) is 11.5 Å². The number of nitrogens with zero attached hydrogens (tertiary/aromatic N) is 2. The summed E-state index contributed by atoms with van der Waals surface area (Å²) in [5, 5.41) is 10.6. The third kappa shape index (κ3) is 2.42. The molecule has 0 amide bonds. The summed E-state index contributed by atoms with van der Waals surface area (Å²) >= 11 is 0. The van der Waals surface area contributed by atoms with Crippen LogP contribution in [0.15, 0.2) is 12.1 Å². The molecule has 1 heterocycles. The molecule has 14 heavy (non-hydrogen) atoms. The minimum atomic E-state index is -0.426. The van der Waals surface area contributed by atoms with Crippen LogP contribution in [-0.4, -0.2) is 9.91 Å². The lowest BCUT2D eigenvalue weighted by molar-refractivity contribution is -0.386. The highest BCUT2D eigenvalue weighted by atomic mass is 16.6. The third-order valence-electron chi connectivity index (χ3n) is 1.77. The molecular weight excluding hydrogens is 182 g/mol. The third-order valence-corrected chi connectivity index (χ3v) is 1.77. The maximum atomic E-state index is 10.6. The molecule has 5 nitrogen and oxygen atoms in total. The summed E-state index contributed by atoms with van der Waals surface area (Å²) in [5.41, 5.74) is 5.98. The number of aromatic nitrogens is 1. The van der Waals surface area contributed by atoms with Crippen molar-refractivity contribution >= 4 is 11.5 Å². The molecule has 0 aliphatic rings. The molecule has 0 saturated heterocycles. The SMILES string of the molecule is CC(C)Cc1nc(N)ccc1[N+](=O)[O-]. The minimum absolute atomic E-state index is 0.0490. The van der Waals surface area contributed by atoms with Crippen LogP contribution in [0.3, 0.4) is 0 Å². The van der Waals surface area contributed by atoms with Gasteiger partial charge < -0.3 is 5.73 Å². The van der Waals surface area contributed by atoms with Gasteiger partial charge in [0.2, 0.25) is 0 Å². The van der Waals surface area contributed by atoms with E-state index in [1.54, 1.807) is 0 Å². The van der Waals surface area contributed by atoms with E-state index in [1.807, 2.05) is 13.8 Å². The highest BCUT2D eigenvalue weighted by Crippen LogP contribution is 2.20. The van der Waals surface area contributed by atoms with Gasteiger partial charge in [-0.2, -0.15) is 0 Å². The maximum Gasteiger partial charge on any atom is 0.290 e. The van der Waals surface area contributed by atoms with Crippen molar-refractivity contribution in [3.8, 4) is 0 Å². The predicted molar refractivity (Wildman–Crippen MR) is 53.8 cm³/mol. The van der Waals surface area contributed by atoms with E-state index in [-0.39, 0.29) is 5.69 Å². The Hall–Kier alpha value is -1.65. The molecule has 0 radical (unpaired) electrons. The monoisotopic (exact) mass is 195 g/mol. The molecule has 0 saturated carbocycles. The molecule has 0 aliphatic heterocycles. The quantitative estimate of drug-likeness (QED) is 0.588. The molecule has 5 heteroatoms. The van der Waals surface area contributed by atoms with Crippen LogP contribution in [0.1, 0.15) is 19.5 Å². The Labute approximate surface area is 82.1 Å². The molecule has 0 aromatic carbocycles. The molecule has 1 aromatic rings. The zero-order chi connectivity index (χ0) is 10.7. The van der Waals surface area contributed by atoms with Gasteiger partial charge in [0.25, 0.3) is 5.69 Å². The van der Waals surface area contributed by atoms with Crippen molar-refractivity contribution in [2.75, 3.05) is 5.73 Å². The van der Waals surface area contributed by atoms with E-state index in [4.69, 9.17) is 5.73 Å². The number of nitrogens with two attached hydrogens (primary N) is 1. The number of hydrogen-bond donors (Lipinski definition) is 1. The molecule has 1 rings (SSSR count). The molecule has 0 bridgehead atoms. The Morgan fingerprint density at radius 3 is 2.71 bits per heavy atom. The first-order valence-corrected chi connectivity index (χ1v) is 4.40. The summed E-state index contributed by atoms with van der Waals surface area (Å²) < 4.78 is 0.